The summed E-state index contributed by atoms with van der Waals surface area (Å²) in [6, 6.07) is 13.0. The van der Waals surface area contributed by atoms with Crippen molar-refractivity contribution in [1.82, 2.24) is 9.80 Å². The third-order valence-electron chi connectivity index (χ3n) is 6.81. The lowest BCUT2D eigenvalue weighted by Crippen LogP contribution is -2.48. The van der Waals surface area contributed by atoms with E-state index in [1.807, 2.05) is 29.3 Å². The molecule has 2 amide bonds. The zero-order chi connectivity index (χ0) is 25.2. The zero-order valence-corrected chi connectivity index (χ0v) is 21.7. The second-order valence-electron chi connectivity index (χ2n) is 9.51. The van der Waals surface area contributed by atoms with Gasteiger partial charge in [0.05, 0.1) is 6.04 Å². The molecule has 1 fully saturated rings. The molecule has 1 atom stereocenters. The molecule has 0 saturated heterocycles. The molecule has 1 aliphatic heterocycles. The summed E-state index contributed by atoms with van der Waals surface area (Å²) in [5.74, 6) is 0.190. The molecule has 0 radical (unpaired) electrons. The van der Waals surface area contributed by atoms with Crippen molar-refractivity contribution in [2.45, 2.75) is 32.2 Å². The number of aryl methyl sites for hydroxylation is 1. The van der Waals surface area contributed by atoms with Gasteiger partial charge in [0.15, 0.2) is 0 Å². The highest BCUT2D eigenvalue weighted by atomic mass is 35.5. The maximum Gasteiger partial charge on any atom is 0.254 e. The molecule has 3 aromatic rings. The van der Waals surface area contributed by atoms with Crippen molar-refractivity contribution in [3.05, 3.63) is 86.3 Å². The average Bonchev–Trinajstić information content (AvgIpc) is 3.55. The maximum atomic E-state index is 13.8. The normalized spacial score (nSPS) is 17.0. The highest BCUT2D eigenvalue weighted by Crippen LogP contribution is 2.35. The topological polar surface area (TPSA) is 49.9 Å². The summed E-state index contributed by atoms with van der Waals surface area (Å²) in [6.45, 7) is 3.25. The second kappa shape index (κ2) is 10.6. The molecule has 188 valence electrons. The molecule has 5 rings (SSSR count). The van der Waals surface area contributed by atoms with E-state index in [-0.39, 0.29) is 30.0 Å². The van der Waals surface area contributed by atoms with E-state index in [4.69, 9.17) is 16.3 Å². The Kier molecular flexibility index (Phi) is 7.30. The van der Waals surface area contributed by atoms with E-state index in [2.05, 4.69) is 6.07 Å². The highest BCUT2D eigenvalue weighted by Gasteiger charge is 2.35. The summed E-state index contributed by atoms with van der Waals surface area (Å²) in [4.78, 5) is 31.6. The fraction of sp³-hybridized carbons (Fsp3) is 0.357. The van der Waals surface area contributed by atoms with Gasteiger partial charge in [0.2, 0.25) is 5.91 Å². The SMILES string of the molecule is Cc1cc(OC[C@@H]2c3ccsc3CCN2C(=O)CN(CC2CC2)C(=O)c2cccc(F)c2)ccc1Cl. The van der Waals surface area contributed by atoms with Crippen molar-refractivity contribution in [2.75, 3.05) is 26.2 Å². The number of carbonyl (C=O) groups is 2. The molecule has 1 aliphatic carbocycles. The largest absolute Gasteiger partial charge is 0.491 e. The lowest BCUT2D eigenvalue weighted by molar-refractivity contribution is -0.135. The summed E-state index contributed by atoms with van der Waals surface area (Å²) in [5.41, 5.74) is 2.28. The van der Waals surface area contributed by atoms with Gasteiger partial charge in [0.1, 0.15) is 24.7 Å². The number of fused-ring (bicyclic) bond motifs is 1. The summed E-state index contributed by atoms with van der Waals surface area (Å²) in [6.07, 6.45) is 2.86. The first-order valence-corrected chi connectivity index (χ1v) is 13.4. The molecule has 2 heterocycles. The van der Waals surface area contributed by atoms with E-state index in [1.165, 1.54) is 23.1 Å². The maximum absolute atomic E-state index is 13.8. The van der Waals surface area contributed by atoms with Gasteiger partial charge >= 0.3 is 0 Å². The van der Waals surface area contributed by atoms with Gasteiger partial charge in [-0.2, -0.15) is 0 Å². The Morgan fingerprint density at radius 1 is 1.19 bits per heavy atom. The van der Waals surface area contributed by atoms with Gasteiger partial charge in [-0.15, -0.1) is 11.3 Å². The number of amides is 2. The summed E-state index contributed by atoms with van der Waals surface area (Å²) >= 11 is 7.85. The number of ether oxygens (including phenoxy) is 1. The van der Waals surface area contributed by atoms with Crippen LogP contribution in [0.15, 0.2) is 53.9 Å². The number of benzene rings is 2. The number of hydrogen-bond donors (Lipinski definition) is 0. The second-order valence-corrected chi connectivity index (χ2v) is 10.9. The Bertz CT molecular complexity index is 1280. The van der Waals surface area contributed by atoms with E-state index < -0.39 is 5.82 Å². The molecule has 1 aromatic heterocycles. The predicted octanol–water partition coefficient (Wildman–Crippen LogP) is 5.91. The molecule has 0 N–H and O–H groups in total. The van der Waals surface area contributed by atoms with E-state index in [0.29, 0.717) is 36.4 Å². The number of rotatable bonds is 8. The number of hydrogen-bond acceptors (Lipinski definition) is 4. The van der Waals surface area contributed by atoms with E-state index >= 15 is 0 Å². The number of halogens is 2. The van der Waals surface area contributed by atoms with Gasteiger partial charge in [-0.05, 0) is 91.1 Å². The lowest BCUT2D eigenvalue weighted by Gasteiger charge is -2.37. The van der Waals surface area contributed by atoms with Crippen molar-refractivity contribution in [1.29, 1.82) is 0 Å². The van der Waals surface area contributed by atoms with Crippen LogP contribution in [0.4, 0.5) is 4.39 Å². The minimum Gasteiger partial charge on any atom is -0.491 e. The van der Waals surface area contributed by atoms with Crippen molar-refractivity contribution in [3.8, 4) is 5.75 Å². The third kappa shape index (κ3) is 5.57. The summed E-state index contributed by atoms with van der Waals surface area (Å²) in [5, 5.41) is 2.72. The van der Waals surface area contributed by atoms with Crippen molar-refractivity contribution < 1.29 is 18.7 Å². The Morgan fingerprint density at radius 2 is 2.03 bits per heavy atom. The first kappa shape index (κ1) is 24.8. The molecular formula is C28H28ClFN2O3S. The van der Waals surface area contributed by atoms with Crippen LogP contribution in [0.2, 0.25) is 5.02 Å². The van der Waals surface area contributed by atoms with Crippen molar-refractivity contribution >= 4 is 34.8 Å². The lowest BCUT2D eigenvalue weighted by atomic mass is 10.00. The first-order chi connectivity index (χ1) is 17.4. The smallest absolute Gasteiger partial charge is 0.254 e. The number of nitrogens with zero attached hydrogens (tertiary/aromatic N) is 2. The molecule has 2 aromatic carbocycles. The van der Waals surface area contributed by atoms with Gasteiger partial charge < -0.3 is 14.5 Å². The Morgan fingerprint density at radius 3 is 2.78 bits per heavy atom. The van der Waals surface area contributed by atoms with Crippen LogP contribution in [-0.2, 0) is 11.2 Å². The van der Waals surface area contributed by atoms with E-state index in [0.717, 1.165) is 30.4 Å². The fourth-order valence-electron chi connectivity index (χ4n) is 4.65. The molecule has 2 aliphatic rings. The average molecular weight is 527 g/mol. The summed E-state index contributed by atoms with van der Waals surface area (Å²) in [7, 11) is 0. The summed E-state index contributed by atoms with van der Waals surface area (Å²) < 4.78 is 19.9. The minimum atomic E-state index is -0.464. The molecule has 0 unspecified atom stereocenters. The van der Waals surface area contributed by atoms with Crippen LogP contribution in [0.5, 0.6) is 5.75 Å². The van der Waals surface area contributed by atoms with Crippen LogP contribution < -0.4 is 4.74 Å². The van der Waals surface area contributed by atoms with Crippen LogP contribution >= 0.6 is 22.9 Å². The number of carbonyl (C=O) groups excluding carboxylic acids is 2. The Balaban J connectivity index is 1.34. The van der Waals surface area contributed by atoms with Gasteiger partial charge in [-0.3, -0.25) is 9.59 Å². The zero-order valence-electron chi connectivity index (χ0n) is 20.1. The third-order valence-corrected chi connectivity index (χ3v) is 8.23. The van der Waals surface area contributed by atoms with Crippen molar-refractivity contribution in [2.24, 2.45) is 5.92 Å². The minimum absolute atomic E-state index is 0.0398. The molecule has 1 saturated carbocycles. The van der Waals surface area contributed by atoms with Crippen LogP contribution in [-0.4, -0.2) is 47.9 Å². The van der Waals surface area contributed by atoms with E-state index in [9.17, 15) is 14.0 Å². The number of thiophene rings is 1. The quantitative estimate of drug-likeness (QED) is 0.367. The molecule has 0 spiro atoms. The molecular weight excluding hydrogens is 499 g/mol. The van der Waals surface area contributed by atoms with Gasteiger partial charge in [-0.1, -0.05) is 17.7 Å². The molecule has 8 heteroatoms. The van der Waals surface area contributed by atoms with Crippen LogP contribution in [0.25, 0.3) is 0 Å². The van der Waals surface area contributed by atoms with Gasteiger partial charge in [0, 0.05) is 28.6 Å². The monoisotopic (exact) mass is 526 g/mol. The van der Waals surface area contributed by atoms with Crippen molar-refractivity contribution in [3.63, 3.8) is 0 Å². The van der Waals surface area contributed by atoms with Crippen LogP contribution in [0.3, 0.4) is 0 Å². The fourth-order valence-corrected chi connectivity index (χ4v) is 5.69. The molecule has 0 bridgehead atoms. The Labute approximate surface area is 219 Å². The van der Waals surface area contributed by atoms with Crippen LogP contribution in [0.1, 0.15) is 45.2 Å². The first-order valence-electron chi connectivity index (χ1n) is 12.2. The van der Waals surface area contributed by atoms with Gasteiger partial charge in [-0.25, -0.2) is 4.39 Å². The molecule has 5 nitrogen and oxygen atoms in total. The standard InChI is InChI=1S/C28H28ClFN2O3S/c1-18-13-22(7-8-24(18)29)35-17-25-23-10-12-36-26(23)9-11-32(25)27(33)16-31(15-19-5-6-19)28(34)20-3-2-4-21(30)14-20/h2-4,7-8,10,12-14,19,25H,5-6,9,11,15-17H2,1H3/t25-/m1/s1. The predicted molar refractivity (Wildman–Crippen MR) is 139 cm³/mol. The van der Waals surface area contributed by atoms with Crippen LogP contribution in [0, 0.1) is 18.7 Å². The highest BCUT2D eigenvalue weighted by molar-refractivity contribution is 7.10. The molecule has 36 heavy (non-hydrogen) atoms. The Hall–Kier alpha value is -2.90. The van der Waals surface area contributed by atoms with E-state index in [1.54, 1.807) is 28.4 Å². The van der Waals surface area contributed by atoms with Gasteiger partial charge in [0.25, 0.3) is 5.91 Å².